The molecule has 1 aromatic heterocycles. The number of hydrogen-bond donors (Lipinski definition) is 0. The summed E-state index contributed by atoms with van der Waals surface area (Å²) in [7, 11) is 4.03. The van der Waals surface area contributed by atoms with Crippen LogP contribution in [-0.2, 0) is 11.2 Å². The Bertz CT molecular complexity index is 748. The Morgan fingerprint density at radius 2 is 2.00 bits per heavy atom. The van der Waals surface area contributed by atoms with Crippen molar-refractivity contribution in [2.75, 3.05) is 7.05 Å². The van der Waals surface area contributed by atoms with Crippen molar-refractivity contribution in [1.29, 1.82) is 0 Å². The van der Waals surface area contributed by atoms with E-state index in [0.29, 0.717) is 11.6 Å². The van der Waals surface area contributed by atoms with Crippen molar-refractivity contribution in [3.8, 4) is 0 Å². The molecule has 3 rings (SSSR count). The van der Waals surface area contributed by atoms with Crippen LogP contribution in [0, 0.1) is 18.8 Å². The van der Waals surface area contributed by atoms with E-state index in [1.54, 1.807) is 11.9 Å². The molecule has 1 radical (unpaired) electrons. The van der Waals surface area contributed by atoms with Crippen LogP contribution < -0.4 is 0 Å². The summed E-state index contributed by atoms with van der Waals surface area (Å²) in [4.78, 5) is 14.7. The topological polar surface area (TPSA) is 46.1 Å². The fourth-order valence-corrected chi connectivity index (χ4v) is 4.32. The van der Waals surface area contributed by atoms with Gasteiger partial charge in [0.25, 0.3) is 5.91 Å². The lowest BCUT2D eigenvalue weighted by atomic mass is 9.49. The number of nitrogens with zero attached hydrogens (tertiary/aromatic N) is 3. The van der Waals surface area contributed by atoms with E-state index >= 15 is 0 Å². The molecule has 2 aliphatic rings. The quantitative estimate of drug-likeness (QED) is 0.504. The van der Waals surface area contributed by atoms with Crippen LogP contribution in [0.3, 0.4) is 0 Å². The Hall–Kier alpha value is -1.91. The number of aryl methyl sites for hydroxylation is 1. The standard InChI is InChI=1S/C23H33BN3O/c1-5-9-21(19-14-24-15-19)23(28)27(4)17(3)22-16(2)12-20(25-26-22)13-18-10-7-6-8-11-18/h9,12,18-19H,3,5-8,10-11,13-15H2,1-2,4H3/b21-9-. The lowest BCUT2D eigenvalue weighted by Crippen LogP contribution is -2.33. The van der Waals surface area contributed by atoms with Crippen molar-refractivity contribution in [1.82, 2.24) is 15.1 Å². The molecule has 1 aliphatic heterocycles. The highest BCUT2D eigenvalue weighted by molar-refractivity contribution is 6.40. The maximum atomic E-state index is 13.1. The van der Waals surface area contributed by atoms with Crippen LogP contribution in [0.2, 0.25) is 12.6 Å². The first-order valence-corrected chi connectivity index (χ1v) is 10.8. The van der Waals surface area contributed by atoms with E-state index < -0.39 is 0 Å². The SMILES string of the molecule is C=C(c1nnc(CC2CCCCC2)cc1C)N(C)C(=O)/C(=C\CC)C1C[B]C1. The Morgan fingerprint density at radius 1 is 1.29 bits per heavy atom. The van der Waals surface area contributed by atoms with Gasteiger partial charge in [-0.1, -0.05) is 64.3 Å². The Balaban J connectivity index is 1.70. The maximum absolute atomic E-state index is 13.1. The first kappa shape index (κ1) is 20.8. The van der Waals surface area contributed by atoms with Crippen molar-refractivity contribution < 1.29 is 4.79 Å². The monoisotopic (exact) mass is 378 g/mol. The molecule has 0 aromatic carbocycles. The summed E-state index contributed by atoms with van der Waals surface area (Å²) in [6, 6.07) is 2.13. The van der Waals surface area contributed by atoms with E-state index in [-0.39, 0.29) is 5.91 Å². The zero-order chi connectivity index (χ0) is 20.1. The molecule has 1 aliphatic carbocycles. The molecule has 0 N–H and O–H groups in total. The van der Waals surface area contributed by atoms with E-state index in [4.69, 9.17) is 0 Å². The Labute approximate surface area is 170 Å². The lowest BCUT2D eigenvalue weighted by molar-refractivity contribution is -0.123. The average molecular weight is 378 g/mol. The number of carbonyl (C=O) groups is 1. The third-order valence-electron chi connectivity index (χ3n) is 6.25. The van der Waals surface area contributed by atoms with Gasteiger partial charge >= 0.3 is 0 Å². The molecule has 4 nitrogen and oxygen atoms in total. The second-order valence-electron chi connectivity index (χ2n) is 8.41. The first-order valence-electron chi connectivity index (χ1n) is 10.8. The van der Waals surface area contributed by atoms with E-state index in [2.05, 4.69) is 43.1 Å². The van der Waals surface area contributed by atoms with Gasteiger partial charge in [0.05, 0.1) is 11.4 Å². The van der Waals surface area contributed by atoms with E-state index in [0.717, 1.165) is 53.9 Å². The predicted molar refractivity (Wildman–Crippen MR) is 116 cm³/mol. The highest BCUT2D eigenvalue weighted by atomic mass is 16.2. The molecule has 0 bridgehead atoms. The van der Waals surface area contributed by atoms with Gasteiger partial charge in [-0.3, -0.25) is 4.79 Å². The normalized spacial score (nSPS) is 18.3. The number of aromatic nitrogens is 2. The summed E-state index contributed by atoms with van der Waals surface area (Å²) in [5.41, 5.74) is 4.37. The molecule has 1 saturated carbocycles. The van der Waals surface area contributed by atoms with Gasteiger partial charge in [0.15, 0.2) is 0 Å². The van der Waals surface area contributed by atoms with Gasteiger partial charge in [-0.2, -0.15) is 5.10 Å². The van der Waals surface area contributed by atoms with Gasteiger partial charge in [0, 0.05) is 12.6 Å². The number of hydrogen-bond acceptors (Lipinski definition) is 3. The number of rotatable bonds is 7. The van der Waals surface area contributed by atoms with Gasteiger partial charge in [-0.05, 0) is 43.2 Å². The van der Waals surface area contributed by atoms with Crippen LogP contribution in [0.4, 0.5) is 0 Å². The van der Waals surface area contributed by atoms with Crippen LogP contribution in [-0.4, -0.2) is 35.3 Å². The molecule has 0 spiro atoms. The van der Waals surface area contributed by atoms with Crippen molar-refractivity contribution in [2.45, 2.75) is 71.4 Å². The van der Waals surface area contributed by atoms with Crippen LogP contribution in [0.25, 0.3) is 5.70 Å². The second kappa shape index (κ2) is 9.53. The van der Waals surface area contributed by atoms with E-state index in [1.165, 1.54) is 32.1 Å². The summed E-state index contributed by atoms with van der Waals surface area (Å²) in [5, 5.41) is 8.93. The summed E-state index contributed by atoms with van der Waals surface area (Å²) in [5.74, 6) is 1.13. The zero-order valence-electron chi connectivity index (χ0n) is 17.7. The van der Waals surface area contributed by atoms with E-state index in [9.17, 15) is 4.79 Å². The largest absolute Gasteiger partial charge is 0.310 e. The fourth-order valence-electron chi connectivity index (χ4n) is 4.32. The maximum Gasteiger partial charge on any atom is 0.253 e. The molecule has 0 unspecified atom stereocenters. The molecule has 0 atom stereocenters. The van der Waals surface area contributed by atoms with Crippen LogP contribution >= 0.6 is 0 Å². The molecule has 28 heavy (non-hydrogen) atoms. The van der Waals surface area contributed by atoms with Crippen LogP contribution in [0.5, 0.6) is 0 Å². The summed E-state index contributed by atoms with van der Waals surface area (Å²) in [6.45, 7) is 8.28. The van der Waals surface area contributed by atoms with Crippen molar-refractivity contribution in [2.24, 2.45) is 11.8 Å². The minimum absolute atomic E-state index is 0.0393. The predicted octanol–water partition coefficient (Wildman–Crippen LogP) is 4.84. The summed E-state index contributed by atoms with van der Waals surface area (Å²) in [6.07, 6.45) is 12.6. The molecular formula is C23H33BN3O. The molecule has 1 aromatic rings. The molecular weight excluding hydrogens is 345 g/mol. The molecule has 149 valence electrons. The number of carbonyl (C=O) groups excluding carboxylic acids is 1. The fraction of sp³-hybridized carbons (Fsp3) is 0.609. The molecule has 1 amide bonds. The first-order chi connectivity index (χ1) is 13.5. The third-order valence-corrected chi connectivity index (χ3v) is 6.25. The number of allylic oxidation sites excluding steroid dienone is 1. The van der Waals surface area contributed by atoms with Crippen LogP contribution in [0.1, 0.15) is 62.4 Å². The molecule has 2 fully saturated rings. The van der Waals surface area contributed by atoms with Gasteiger partial charge in [0.2, 0.25) is 0 Å². The van der Waals surface area contributed by atoms with Gasteiger partial charge < -0.3 is 4.90 Å². The van der Waals surface area contributed by atoms with Crippen molar-refractivity contribution >= 4 is 18.9 Å². The highest BCUT2D eigenvalue weighted by Gasteiger charge is 2.30. The second-order valence-corrected chi connectivity index (χ2v) is 8.41. The minimum atomic E-state index is 0.0393. The molecule has 2 heterocycles. The Morgan fingerprint density at radius 3 is 2.57 bits per heavy atom. The van der Waals surface area contributed by atoms with Crippen molar-refractivity contribution in [3.05, 3.63) is 41.2 Å². The smallest absolute Gasteiger partial charge is 0.253 e. The number of likely N-dealkylation sites (N-methyl/N-ethyl adjacent to an activating group) is 1. The van der Waals surface area contributed by atoms with Gasteiger partial charge in [0.1, 0.15) is 13.0 Å². The minimum Gasteiger partial charge on any atom is -0.310 e. The highest BCUT2D eigenvalue weighted by Crippen LogP contribution is 2.32. The number of amides is 1. The summed E-state index contributed by atoms with van der Waals surface area (Å²) >= 11 is 0. The molecule has 1 saturated heterocycles. The van der Waals surface area contributed by atoms with Gasteiger partial charge in [-0.25, -0.2) is 0 Å². The average Bonchev–Trinajstić information content (AvgIpc) is 2.65. The molecule has 5 heteroatoms. The van der Waals surface area contributed by atoms with E-state index in [1.807, 2.05) is 6.92 Å². The van der Waals surface area contributed by atoms with Crippen LogP contribution in [0.15, 0.2) is 24.3 Å². The van der Waals surface area contributed by atoms with Crippen molar-refractivity contribution in [3.63, 3.8) is 0 Å². The Kier molecular flexibility index (Phi) is 7.09. The summed E-state index contributed by atoms with van der Waals surface area (Å²) < 4.78 is 0. The zero-order valence-corrected chi connectivity index (χ0v) is 17.7. The van der Waals surface area contributed by atoms with Gasteiger partial charge in [-0.15, -0.1) is 5.10 Å². The lowest BCUT2D eigenvalue weighted by Gasteiger charge is -2.30. The third kappa shape index (κ3) is 4.74.